The van der Waals surface area contributed by atoms with E-state index in [1.807, 2.05) is 18.2 Å². The highest BCUT2D eigenvalue weighted by atomic mass is 35.5. The van der Waals surface area contributed by atoms with Crippen LogP contribution >= 0.6 is 35.0 Å². The van der Waals surface area contributed by atoms with Crippen molar-refractivity contribution in [2.45, 2.75) is 29.6 Å². The molecule has 0 spiro atoms. The minimum absolute atomic E-state index is 0.108. The van der Waals surface area contributed by atoms with E-state index >= 15 is 0 Å². The number of carbonyl (C=O) groups is 2. The lowest BCUT2D eigenvalue weighted by molar-refractivity contribution is -0.150. The first-order valence-corrected chi connectivity index (χ1v) is 13.8. The van der Waals surface area contributed by atoms with Crippen LogP contribution in [0.2, 0.25) is 10.0 Å². The molecule has 1 amide bonds. The molecule has 2 fully saturated rings. The van der Waals surface area contributed by atoms with Gasteiger partial charge in [0.25, 0.3) is 0 Å². The number of piperidine rings is 1. The lowest BCUT2D eigenvalue weighted by atomic mass is 9.97. The Labute approximate surface area is 226 Å². The zero-order valence-electron chi connectivity index (χ0n) is 20.3. The van der Waals surface area contributed by atoms with Gasteiger partial charge in [0.2, 0.25) is 5.91 Å². The van der Waals surface area contributed by atoms with Crippen molar-refractivity contribution in [2.75, 3.05) is 50.9 Å². The minimum atomic E-state index is -0.174. The number of nitrogens with zero attached hydrogens (tertiary/aromatic N) is 2. The first-order valence-electron chi connectivity index (χ1n) is 12.2. The Kier molecular flexibility index (Phi) is 9.60. The minimum Gasteiger partial charge on any atom is -0.466 e. The molecule has 2 saturated heterocycles. The molecular formula is C27H30Cl2N2O4S. The van der Waals surface area contributed by atoms with Crippen molar-refractivity contribution < 1.29 is 19.1 Å². The SMILES string of the molecule is CCOC(=O)C1CCN(C(=O)C=Cc2ccc(Sc3cccc(N4CCOCC4)c3)c(Cl)c2Cl)CC1. The molecule has 36 heavy (non-hydrogen) atoms. The first-order chi connectivity index (χ1) is 17.5. The Morgan fingerprint density at radius 3 is 2.56 bits per heavy atom. The number of likely N-dealkylation sites (tertiary alicyclic amines) is 1. The van der Waals surface area contributed by atoms with Gasteiger partial charge < -0.3 is 19.3 Å². The number of hydrogen-bond donors (Lipinski definition) is 0. The van der Waals surface area contributed by atoms with Gasteiger partial charge in [-0.05, 0) is 55.7 Å². The highest BCUT2D eigenvalue weighted by Gasteiger charge is 2.27. The predicted molar refractivity (Wildman–Crippen MR) is 145 cm³/mol. The van der Waals surface area contributed by atoms with Crippen molar-refractivity contribution in [1.29, 1.82) is 0 Å². The number of halogens is 2. The largest absolute Gasteiger partial charge is 0.466 e. The number of anilines is 1. The second-order valence-corrected chi connectivity index (χ2v) is 10.5. The molecule has 0 N–H and O–H groups in total. The second-order valence-electron chi connectivity index (χ2n) is 8.66. The van der Waals surface area contributed by atoms with Crippen LogP contribution in [-0.4, -0.2) is 62.8 Å². The summed E-state index contributed by atoms with van der Waals surface area (Å²) in [7, 11) is 0. The smallest absolute Gasteiger partial charge is 0.309 e. The van der Waals surface area contributed by atoms with Crippen molar-refractivity contribution in [3.63, 3.8) is 0 Å². The van der Waals surface area contributed by atoms with Gasteiger partial charge in [-0.2, -0.15) is 0 Å². The normalized spacial score (nSPS) is 17.0. The van der Waals surface area contributed by atoms with E-state index in [9.17, 15) is 9.59 Å². The highest BCUT2D eigenvalue weighted by molar-refractivity contribution is 7.99. The summed E-state index contributed by atoms with van der Waals surface area (Å²) in [6.07, 6.45) is 4.44. The fourth-order valence-corrected chi connectivity index (χ4v) is 5.79. The van der Waals surface area contributed by atoms with E-state index in [0.717, 1.165) is 41.8 Å². The van der Waals surface area contributed by atoms with Gasteiger partial charge in [0.1, 0.15) is 0 Å². The van der Waals surface area contributed by atoms with Crippen LogP contribution in [0.5, 0.6) is 0 Å². The van der Waals surface area contributed by atoms with Crippen LogP contribution in [0, 0.1) is 5.92 Å². The van der Waals surface area contributed by atoms with Gasteiger partial charge in [-0.15, -0.1) is 0 Å². The van der Waals surface area contributed by atoms with E-state index in [1.165, 1.54) is 6.08 Å². The average Bonchev–Trinajstić information content (AvgIpc) is 2.91. The van der Waals surface area contributed by atoms with Crippen LogP contribution in [0.3, 0.4) is 0 Å². The van der Waals surface area contributed by atoms with Crippen LogP contribution in [-0.2, 0) is 19.1 Å². The zero-order valence-corrected chi connectivity index (χ0v) is 22.6. The predicted octanol–water partition coefficient (Wildman–Crippen LogP) is 5.80. The summed E-state index contributed by atoms with van der Waals surface area (Å²) < 4.78 is 10.5. The number of benzene rings is 2. The van der Waals surface area contributed by atoms with Gasteiger partial charge in [0, 0.05) is 47.7 Å². The third-order valence-electron chi connectivity index (χ3n) is 6.33. The van der Waals surface area contributed by atoms with E-state index in [0.29, 0.717) is 48.1 Å². The number of ether oxygens (including phenoxy) is 2. The fraction of sp³-hybridized carbons (Fsp3) is 0.407. The summed E-state index contributed by atoms with van der Waals surface area (Å²) in [4.78, 5) is 30.6. The summed E-state index contributed by atoms with van der Waals surface area (Å²) in [5, 5.41) is 0.874. The summed E-state index contributed by atoms with van der Waals surface area (Å²) in [5.74, 6) is -0.416. The molecule has 2 aliphatic rings. The molecule has 9 heteroatoms. The molecular weight excluding hydrogens is 519 g/mol. The van der Waals surface area contributed by atoms with Crippen molar-refractivity contribution in [2.24, 2.45) is 5.92 Å². The van der Waals surface area contributed by atoms with Gasteiger partial charge in [-0.1, -0.05) is 47.1 Å². The average molecular weight is 550 g/mol. The maximum Gasteiger partial charge on any atom is 0.309 e. The lowest BCUT2D eigenvalue weighted by Crippen LogP contribution is -2.39. The molecule has 0 saturated carbocycles. The van der Waals surface area contributed by atoms with Gasteiger partial charge in [-0.25, -0.2) is 0 Å². The molecule has 4 rings (SSSR count). The number of esters is 1. The zero-order chi connectivity index (χ0) is 25.5. The van der Waals surface area contributed by atoms with E-state index in [1.54, 1.807) is 29.7 Å². The molecule has 2 heterocycles. The van der Waals surface area contributed by atoms with Crippen molar-refractivity contribution in [1.82, 2.24) is 4.90 Å². The second kappa shape index (κ2) is 12.9. The topological polar surface area (TPSA) is 59.1 Å². The van der Waals surface area contributed by atoms with Gasteiger partial charge in [0.05, 0.1) is 35.8 Å². The maximum absolute atomic E-state index is 12.7. The molecule has 0 aromatic heterocycles. The van der Waals surface area contributed by atoms with Gasteiger partial charge >= 0.3 is 5.97 Å². The third-order valence-corrected chi connectivity index (χ3v) is 8.39. The monoisotopic (exact) mass is 548 g/mol. The van der Waals surface area contributed by atoms with Gasteiger partial charge in [0.15, 0.2) is 0 Å². The number of rotatable bonds is 7. The van der Waals surface area contributed by atoms with E-state index in [2.05, 4.69) is 23.1 Å². The number of morpholine rings is 1. The summed E-state index contributed by atoms with van der Waals surface area (Å²) >= 11 is 14.8. The Morgan fingerprint density at radius 2 is 1.83 bits per heavy atom. The maximum atomic E-state index is 12.7. The Balaban J connectivity index is 1.38. The third kappa shape index (κ3) is 6.76. The molecule has 2 aromatic rings. The molecule has 6 nitrogen and oxygen atoms in total. The van der Waals surface area contributed by atoms with Crippen LogP contribution in [0.25, 0.3) is 6.08 Å². The van der Waals surface area contributed by atoms with Crippen molar-refractivity contribution in [3.8, 4) is 0 Å². The first kappa shape index (κ1) is 26.9. The molecule has 0 aliphatic carbocycles. The van der Waals surface area contributed by atoms with Crippen molar-refractivity contribution >= 4 is 58.6 Å². The number of hydrogen-bond acceptors (Lipinski definition) is 6. The van der Waals surface area contributed by atoms with E-state index < -0.39 is 0 Å². The molecule has 2 aromatic carbocycles. The van der Waals surface area contributed by atoms with E-state index in [-0.39, 0.29) is 17.8 Å². The molecule has 0 atom stereocenters. The highest BCUT2D eigenvalue weighted by Crippen LogP contribution is 2.40. The molecule has 0 bridgehead atoms. The summed E-state index contributed by atoms with van der Waals surface area (Å²) in [6.45, 7) is 6.47. The van der Waals surface area contributed by atoms with E-state index in [4.69, 9.17) is 32.7 Å². The fourth-order valence-electron chi connectivity index (χ4n) is 4.31. The molecule has 0 unspecified atom stereocenters. The molecule has 2 aliphatic heterocycles. The summed E-state index contributed by atoms with van der Waals surface area (Å²) in [5.41, 5.74) is 1.85. The van der Waals surface area contributed by atoms with Gasteiger partial charge in [-0.3, -0.25) is 9.59 Å². The number of carbonyl (C=O) groups excluding carboxylic acids is 2. The Hall–Kier alpha value is -2.19. The van der Waals surface area contributed by atoms with Crippen LogP contribution < -0.4 is 4.90 Å². The van der Waals surface area contributed by atoms with Crippen LogP contribution in [0.1, 0.15) is 25.3 Å². The van der Waals surface area contributed by atoms with Crippen LogP contribution in [0.4, 0.5) is 5.69 Å². The molecule has 192 valence electrons. The van der Waals surface area contributed by atoms with Crippen molar-refractivity contribution in [3.05, 3.63) is 58.1 Å². The summed E-state index contributed by atoms with van der Waals surface area (Å²) in [6, 6.07) is 12.2. The standard InChI is InChI=1S/C27H30Cl2N2O4S/c1-2-35-27(33)20-10-12-31(13-11-20)24(32)9-7-19-6-8-23(26(29)25(19)28)36-22-5-3-4-21(18-22)30-14-16-34-17-15-30/h3-9,18,20H,2,10-17H2,1H3. The Bertz CT molecular complexity index is 1110. The quantitative estimate of drug-likeness (QED) is 0.322. The lowest BCUT2D eigenvalue weighted by Gasteiger charge is -2.30. The van der Waals surface area contributed by atoms with Crippen LogP contribution in [0.15, 0.2) is 52.3 Å². The molecule has 0 radical (unpaired) electrons. The number of amides is 1. The Morgan fingerprint density at radius 1 is 1.08 bits per heavy atom.